The van der Waals surface area contributed by atoms with Gasteiger partial charge >= 0.3 is 0 Å². The molecule has 6 nitrogen and oxygen atoms in total. The molecule has 3 rings (SSSR count). The number of halogens is 1. The minimum atomic E-state index is -0.198. The number of hydrogen-bond acceptors (Lipinski definition) is 6. The molecule has 1 aliphatic rings. The molecule has 2 aromatic rings. The molecule has 1 atom stereocenters. The number of amides is 1. The van der Waals surface area contributed by atoms with Gasteiger partial charge in [0.15, 0.2) is 0 Å². The van der Waals surface area contributed by atoms with E-state index in [0.717, 1.165) is 43.3 Å². The van der Waals surface area contributed by atoms with Gasteiger partial charge in [0.05, 0.1) is 6.54 Å². The minimum Gasteiger partial charge on any atom is -0.320 e. The first kappa shape index (κ1) is 19.8. The molecule has 0 spiro atoms. The summed E-state index contributed by atoms with van der Waals surface area (Å²) >= 11 is 1.37. The van der Waals surface area contributed by atoms with Crippen LogP contribution < -0.4 is 10.6 Å². The van der Waals surface area contributed by atoms with Crippen molar-refractivity contribution < 1.29 is 4.79 Å². The average Bonchev–Trinajstić information content (AvgIpc) is 3.06. The summed E-state index contributed by atoms with van der Waals surface area (Å²) in [7, 11) is 0. The average molecular weight is 382 g/mol. The van der Waals surface area contributed by atoms with Crippen molar-refractivity contribution in [2.75, 3.05) is 25.0 Å². The van der Waals surface area contributed by atoms with Crippen LogP contribution in [-0.4, -0.2) is 46.7 Å². The van der Waals surface area contributed by atoms with Crippen LogP contribution in [0.1, 0.15) is 34.2 Å². The van der Waals surface area contributed by atoms with Crippen LogP contribution in [0, 0.1) is 0 Å². The van der Waals surface area contributed by atoms with Crippen LogP contribution >= 0.6 is 23.7 Å². The first-order valence-electron chi connectivity index (χ1n) is 8.33. The van der Waals surface area contributed by atoms with Crippen molar-refractivity contribution in [3.63, 3.8) is 0 Å². The summed E-state index contributed by atoms with van der Waals surface area (Å²) in [6.07, 6.45) is 0.985. The highest BCUT2D eigenvalue weighted by atomic mass is 35.5. The number of aromatic nitrogens is 2. The molecular weight excluding hydrogens is 358 g/mol. The molecule has 0 saturated carbocycles. The number of aryl methyl sites for hydroxylation is 1. The second kappa shape index (κ2) is 9.24. The monoisotopic (exact) mass is 381 g/mol. The summed E-state index contributed by atoms with van der Waals surface area (Å²) in [6.45, 7) is 8.02. The van der Waals surface area contributed by atoms with Crippen LogP contribution in [0.15, 0.2) is 24.3 Å². The fraction of sp³-hybridized carbons (Fsp3) is 0.471. The standard InChI is InChI=1S/C17H23N5OS.ClH/c1-3-13-4-6-14(7-5-13)19-16(23)17-21-20-15(24-17)11-22-9-8-18-10-12(22)2;/h4-7,12,18H,3,8-11H2,1-2H3,(H,19,23);1H/t12-;/m0./s1. The van der Waals surface area contributed by atoms with E-state index in [0.29, 0.717) is 11.0 Å². The van der Waals surface area contributed by atoms with Gasteiger partial charge in [-0.1, -0.05) is 30.4 Å². The SMILES string of the molecule is CCc1ccc(NC(=O)c2nnc(CN3CCNC[C@@H]3C)s2)cc1.Cl. The molecule has 25 heavy (non-hydrogen) atoms. The number of nitrogens with zero attached hydrogens (tertiary/aromatic N) is 3. The van der Waals surface area contributed by atoms with Crippen molar-refractivity contribution in [1.29, 1.82) is 0 Å². The lowest BCUT2D eigenvalue weighted by Gasteiger charge is -2.32. The number of piperazine rings is 1. The van der Waals surface area contributed by atoms with Gasteiger partial charge in [0.1, 0.15) is 5.01 Å². The van der Waals surface area contributed by atoms with E-state index in [1.165, 1.54) is 16.9 Å². The number of anilines is 1. The zero-order valence-corrected chi connectivity index (χ0v) is 16.1. The van der Waals surface area contributed by atoms with Gasteiger partial charge in [-0.25, -0.2) is 0 Å². The summed E-state index contributed by atoms with van der Waals surface area (Å²) < 4.78 is 0. The second-order valence-electron chi connectivity index (χ2n) is 6.03. The Kier molecular flexibility index (Phi) is 7.31. The smallest absolute Gasteiger partial charge is 0.286 e. The van der Waals surface area contributed by atoms with Crippen LogP contribution in [0.2, 0.25) is 0 Å². The fourth-order valence-corrected chi connectivity index (χ4v) is 3.47. The highest BCUT2D eigenvalue weighted by molar-refractivity contribution is 7.13. The summed E-state index contributed by atoms with van der Waals surface area (Å²) in [6, 6.07) is 8.35. The maximum Gasteiger partial charge on any atom is 0.286 e. The third-order valence-corrected chi connectivity index (χ3v) is 5.17. The Balaban J connectivity index is 0.00000225. The summed E-state index contributed by atoms with van der Waals surface area (Å²) in [5.41, 5.74) is 2.03. The van der Waals surface area contributed by atoms with Crippen LogP contribution in [0.4, 0.5) is 5.69 Å². The Morgan fingerprint density at radius 1 is 1.36 bits per heavy atom. The van der Waals surface area contributed by atoms with E-state index < -0.39 is 0 Å². The number of carbonyl (C=O) groups excluding carboxylic acids is 1. The third kappa shape index (κ3) is 5.22. The summed E-state index contributed by atoms with van der Waals surface area (Å²) in [5.74, 6) is -0.198. The van der Waals surface area contributed by atoms with Gasteiger partial charge < -0.3 is 10.6 Å². The van der Waals surface area contributed by atoms with Gasteiger partial charge in [-0.15, -0.1) is 22.6 Å². The molecule has 2 heterocycles. The summed E-state index contributed by atoms with van der Waals surface area (Å²) in [5, 5.41) is 15.8. The van der Waals surface area contributed by atoms with Gasteiger partial charge in [-0.05, 0) is 31.0 Å². The Bertz CT molecular complexity index is 691. The van der Waals surface area contributed by atoms with Crippen molar-refractivity contribution in [3.05, 3.63) is 39.8 Å². The molecule has 1 saturated heterocycles. The maximum absolute atomic E-state index is 12.3. The van der Waals surface area contributed by atoms with Gasteiger partial charge in [0, 0.05) is 31.4 Å². The van der Waals surface area contributed by atoms with E-state index in [1.807, 2.05) is 24.3 Å². The van der Waals surface area contributed by atoms with Crippen LogP contribution in [0.25, 0.3) is 0 Å². The zero-order valence-electron chi connectivity index (χ0n) is 14.5. The Morgan fingerprint density at radius 2 is 2.12 bits per heavy atom. The van der Waals surface area contributed by atoms with Crippen molar-refractivity contribution in [2.24, 2.45) is 0 Å². The maximum atomic E-state index is 12.3. The van der Waals surface area contributed by atoms with Crippen LogP contribution in [-0.2, 0) is 13.0 Å². The van der Waals surface area contributed by atoms with Gasteiger partial charge in [-0.3, -0.25) is 9.69 Å². The lowest BCUT2D eigenvalue weighted by atomic mass is 10.1. The lowest BCUT2D eigenvalue weighted by Crippen LogP contribution is -2.49. The largest absolute Gasteiger partial charge is 0.320 e. The molecule has 1 fully saturated rings. The second-order valence-corrected chi connectivity index (χ2v) is 7.09. The molecule has 1 aliphatic heterocycles. The van der Waals surface area contributed by atoms with Crippen LogP contribution in [0.5, 0.6) is 0 Å². The molecule has 1 amide bonds. The molecular formula is C17H24ClN5OS. The highest BCUT2D eigenvalue weighted by Crippen LogP contribution is 2.17. The molecule has 1 aromatic carbocycles. The van der Waals surface area contributed by atoms with Gasteiger partial charge in [0.25, 0.3) is 5.91 Å². The van der Waals surface area contributed by atoms with Crippen LogP contribution in [0.3, 0.4) is 0 Å². The third-order valence-electron chi connectivity index (χ3n) is 4.26. The Hall–Kier alpha value is -1.54. The predicted octanol–water partition coefficient (Wildman–Crippen LogP) is 2.57. The number of hydrogen-bond donors (Lipinski definition) is 2. The number of benzene rings is 1. The van der Waals surface area contributed by atoms with Crippen molar-refractivity contribution in [3.8, 4) is 0 Å². The van der Waals surface area contributed by atoms with Crippen molar-refractivity contribution in [1.82, 2.24) is 20.4 Å². The highest BCUT2D eigenvalue weighted by Gasteiger charge is 2.20. The van der Waals surface area contributed by atoms with E-state index in [4.69, 9.17) is 0 Å². The van der Waals surface area contributed by atoms with E-state index in [1.54, 1.807) is 0 Å². The van der Waals surface area contributed by atoms with Crippen molar-refractivity contribution in [2.45, 2.75) is 32.9 Å². The van der Waals surface area contributed by atoms with E-state index in [2.05, 4.69) is 39.6 Å². The Morgan fingerprint density at radius 3 is 2.80 bits per heavy atom. The Labute approximate surface area is 158 Å². The van der Waals surface area contributed by atoms with Gasteiger partial charge in [0.2, 0.25) is 5.01 Å². The molecule has 0 bridgehead atoms. The molecule has 0 unspecified atom stereocenters. The quantitative estimate of drug-likeness (QED) is 0.832. The predicted molar refractivity (Wildman–Crippen MR) is 104 cm³/mol. The molecule has 2 N–H and O–H groups in total. The van der Waals surface area contributed by atoms with E-state index in [9.17, 15) is 4.79 Å². The number of nitrogens with one attached hydrogen (secondary N) is 2. The first-order valence-corrected chi connectivity index (χ1v) is 9.15. The first-order chi connectivity index (χ1) is 11.7. The number of carbonyl (C=O) groups is 1. The topological polar surface area (TPSA) is 70.2 Å². The van der Waals surface area contributed by atoms with Gasteiger partial charge in [-0.2, -0.15) is 0 Å². The number of rotatable bonds is 5. The molecule has 8 heteroatoms. The van der Waals surface area contributed by atoms with E-state index >= 15 is 0 Å². The zero-order chi connectivity index (χ0) is 16.9. The fourth-order valence-electron chi connectivity index (χ4n) is 2.71. The summed E-state index contributed by atoms with van der Waals surface area (Å²) in [4.78, 5) is 14.7. The normalized spacial score (nSPS) is 17.8. The van der Waals surface area contributed by atoms with Crippen molar-refractivity contribution >= 4 is 35.3 Å². The molecule has 1 aromatic heterocycles. The molecule has 136 valence electrons. The molecule has 0 radical (unpaired) electrons. The minimum absolute atomic E-state index is 0. The molecule has 0 aliphatic carbocycles. The lowest BCUT2D eigenvalue weighted by molar-refractivity contribution is 0.102. The van der Waals surface area contributed by atoms with E-state index in [-0.39, 0.29) is 18.3 Å².